The molecule has 0 aromatic rings. The topological polar surface area (TPSA) is 29.5 Å². The highest BCUT2D eigenvalue weighted by atomic mass is 16.5. The van der Waals surface area contributed by atoms with Gasteiger partial charge in [-0.15, -0.1) is 0 Å². The molecule has 1 aliphatic rings. The zero-order valence-electron chi connectivity index (χ0n) is 10.2. The fourth-order valence-electron chi connectivity index (χ4n) is 2.38. The number of rotatable bonds is 6. The summed E-state index contributed by atoms with van der Waals surface area (Å²) in [6.07, 6.45) is 8.22. The quantitative estimate of drug-likeness (QED) is 0.736. The van der Waals surface area contributed by atoms with Crippen LogP contribution in [0.15, 0.2) is 0 Å². The lowest BCUT2D eigenvalue weighted by atomic mass is 9.83. The van der Waals surface area contributed by atoms with Crippen molar-refractivity contribution in [3.05, 3.63) is 0 Å². The molecule has 1 N–H and O–H groups in total. The van der Waals surface area contributed by atoms with Gasteiger partial charge in [0.1, 0.15) is 0 Å². The molecular formula is C13H26O2. The minimum atomic E-state index is 0.160. The molecule has 90 valence electrons. The third-order valence-corrected chi connectivity index (χ3v) is 3.39. The molecular weight excluding hydrogens is 188 g/mol. The van der Waals surface area contributed by atoms with E-state index in [-0.39, 0.29) is 6.61 Å². The standard InChI is InChI=1S/C13H26O2/c1-11(2)3-4-12-5-7-13(8-6-12)15-10-9-14/h11-14H,3-10H2,1-2H3. The molecule has 0 spiro atoms. The van der Waals surface area contributed by atoms with Crippen LogP contribution in [-0.4, -0.2) is 24.4 Å². The third-order valence-electron chi connectivity index (χ3n) is 3.39. The second-order valence-electron chi connectivity index (χ2n) is 5.21. The fraction of sp³-hybridized carbons (Fsp3) is 1.00. The first kappa shape index (κ1) is 13.0. The smallest absolute Gasteiger partial charge is 0.0701 e. The molecule has 0 radical (unpaired) electrons. The molecule has 0 aromatic heterocycles. The number of hydrogen-bond donors (Lipinski definition) is 1. The van der Waals surface area contributed by atoms with Gasteiger partial charge in [0.2, 0.25) is 0 Å². The summed E-state index contributed by atoms with van der Waals surface area (Å²) >= 11 is 0. The summed E-state index contributed by atoms with van der Waals surface area (Å²) in [5.74, 6) is 1.77. The van der Waals surface area contributed by atoms with Crippen LogP contribution in [0.3, 0.4) is 0 Å². The van der Waals surface area contributed by atoms with Crippen molar-refractivity contribution in [1.82, 2.24) is 0 Å². The highest BCUT2D eigenvalue weighted by Gasteiger charge is 2.21. The molecule has 0 atom stereocenters. The Morgan fingerprint density at radius 3 is 2.40 bits per heavy atom. The monoisotopic (exact) mass is 214 g/mol. The molecule has 0 aromatic carbocycles. The van der Waals surface area contributed by atoms with Crippen LogP contribution < -0.4 is 0 Å². The molecule has 0 saturated heterocycles. The van der Waals surface area contributed by atoms with Crippen LogP contribution in [0.1, 0.15) is 52.4 Å². The Kier molecular flexibility index (Phi) is 6.26. The Bertz CT molecular complexity index is 149. The molecule has 1 aliphatic carbocycles. The molecule has 15 heavy (non-hydrogen) atoms. The van der Waals surface area contributed by atoms with Crippen molar-refractivity contribution >= 4 is 0 Å². The van der Waals surface area contributed by atoms with Gasteiger partial charge in [0.15, 0.2) is 0 Å². The Balaban J connectivity index is 2.07. The summed E-state index contributed by atoms with van der Waals surface area (Å²) < 4.78 is 5.56. The van der Waals surface area contributed by atoms with Crippen molar-refractivity contribution in [3.8, 4) is 0 Å². The first-order valence-electron chi connectivity index (χ1n) is 6.44. The minimum absolute atomic E-state index is 0.160. The van der Waals surface area contributed by atoms with Crippen molar-refractivity contribution in [2.45, 2.75) is 58.5 Å². The molecule has 0 bridgehead atoms. The summed E-state index contributed by atoms with van der Waals surface area (Å²) in [6.45, 7) is 5.28. The maximum Gasteiger partial charge on any atom is 0.0701 e. The SMILES string of the molecule is CC(C)CCC1CCC(OCCO)CC1. The van der Waals surface area contributed by atoms with Crippen molar-refractivity contribution < 1.29 is 9.84 Å². The second kappa shape index (κ2) is 7.24. The maximum atomic E-state index is 8.67. The van der Waals surface area contributed by atoms with Crippen LogP contribution in [-0.2, 0) is 4.74 Å². The van der Waals surface area contributed by atoms with Gasteiger partial charge in [0, 0.05) is 0 Å². The zero-order chi connectivity index (χ0) is 11.1. The molecule has 1 saturated carbocycles. The van der Waals surface area contributed by atoms with Gasteiger partial charge in [-0.3, -0.25) is 0 Å². The maximum absolute atomic E-state index is 8.67. The van der Waals surface area contributed by atoms with E-state index in [4.69, 9.17) is 9.84 Å². The van der Waals surface area contributed by atoms with Crippen LogP contribution in [0, 0.1) is 11.8 Å². The molecule has 1 rings (SSSR count). The highest BCUT2D eigenvalue weighted by molar-refractivity contribution is 4.73. The van der Waals surface area contributed by atoms with E-state index < -0.39 is 0 Å². The zero-order valence-corrected chi connectivity index (χ0v) is 10.2. The van der Waals surface area contributed by atoms with Crippen molar-refractivity contribution in [1.29, 1.82) is 0 Å². The Morgan fingerprint density at radius 2 is 1.87 bits per heavy atom. The van der Waals surface area contributed by atoms with Gasteiger partial charge in [-0.05, 0) is 37.5 Å². The van der Waals surface area contributed by atoms with Crippen LogP contribution in [0.5, 0.6) is 0 Å². The van der Waals surface area contributed by atoms with E-state index in [1.54, 1.807) is 0 Å². The van der Waals surface area contributed by atoms with E-state index in [0.717, 1.165) is 11.8 Å². The summed E-state index contributed by atoms with van der Waals surface area (Å²) in [7, 11) is 0. The summed E-state index contributed by atoms with van der Waals surface area (Å²) in [5.41, 5.74) is 0. The Labute approximate surface area is 94.0 Å². The Hall–Kier alpha value is -0.0800. The summed E-state index contributed by atoms with van der Waals surface area (Å²) in [6, 6.07) is 0. The minimum Gasteiger partial charge on any atom is -0.394 e. The van der Waals surface area contributed by atoms with E-state index in [9.17, 15) is 0 Å². The predicted octanol–water partition coefficient (Wildman–Crippen LogP) is 2.99. The van der Waals surface area contributed by atoms with Gasteiger partial charge in [-0.1, -0.05) is 26.7 Å². The van der Waals surface area contributed by atoms with E-state index >= 15 is 0 Å². The Morgan fingerprint density at radius 1 is 1.20 bits per heavy atom. The molecule has 0 amide bonds. The van der Waals surface area contributed by atoms with Gasteiger partial charge in [-0.25, -0.2) is 0 Å². The van der Waals surface area contributed by atoms with Gasteiger partial charge < -0.3 is 9.84 Å². The first-order chi connectivity index (χ1) is 7.22. The van der Waals surface area contributed by atoms with Crippen LogP contribution in [0.4, 0.5) is 0 Å². The van der Waals surface area contributed by atoms with E-state index in [2.05, 4.69) is 13.8 Å². The average Bonchev–Trinajstić information content (AvgIpc) is 2.25. The normalized spacial score (nSPS) is 27.2. The van der Waals surface area contributed by atoms with Crippen LogP contribution >= 0.6 is 0 Å². The second-order valence-corrected chi connectivity index (χ2v) is 5.21. The van der Waals surface area contributed by atoms with Gasteiger partial charge in [-0.2, -0.15) is 0 Å². The van der Waals surface area contributed by atoms with Gasteiger partial charge in [0.05, 0.1) is 19.3 Å². The van der Waals surface area contributed by atoms with Crippen molar-refractivity contribution in [3.63, 3.8) is 0 Å². The van der Waals surface area contributed by atoms with E-state index in [0.29, 0.717) is 12.7 Å². The lowest BCUT2D eigenvalue weighted by Gasteiger charge is -2.28. The van der Waals surface area contributed by atoms with Gasteiger partial charge >= 0.3 is 0 Å². The predicted molar refractivity (Wildman–Crippen MR) is 62.9 cm³/mol. The van der Waals surface area contributed by atoms with Crippen LogP contribution in [0.2, 0.25) is 0 Å². The number of hydrogen-bond acceptors (Lipinski definition) is 2. The first-order valence-corrected chi connectivity index (χ1v) is 6.44. The van der Waals surface area contributed by atoms with Crippen LogP contribution in [0.25, 0.3) is 0 Å². The van der Waals surface area contributed by atoms with E-state index in [1.807, 2.05) is 0 Å². The third kappa shape index (κ3) is 5.53. The van der Waals surface area contributed by atoms with Crippen molar-refractivity contribution in [2.75, 3.05) is 13.2 Å². The van der Waals surface area contributed by atoms with Gasteiger partial charge in [0.25, 0.3) is 0 Å². The van der Waals surface area contributed by atoms with Crippen molar-refractivity contribution in [2.24, 2.45) is 11.8 Å². The lowest BCUT2D eigenvalue weighted by molar-refractivity contribution is -0.000511. The molecule has 0 heterocycles. The highest BCUT2D eigenvalue weighted by Crippen LogP contribution is 2.30. The lowest BCUT2D eigenvalue weighted by Crippen LogP contribution is -2.23. The molecule has 2 nitrogen and oxygen atoms in total. The largest absolute Gasteiger partial charge is 0.394 e. The number of aliphatic hydroxyl groups is 1. The molecule has 0 aliphatic heterocycles. The number of ether oxygens (including phenoxy) is 1. The fourth-order valence-corrected chi connectivity index (χ4v) is 2.38. The molecule has 1 fully saturated rings. The molecule has 0 unspecified atom stereocenters. The molecule has 2 heteroatoms. The average molecular weight is 214 g/mol. The summed E-state index contributed by atoms with van der Waals surface area (Å²) in [5, 5.41) is 8.67. The number of aliphatic hydroxyl groups excluding tert-OH is 1. The summed E-state index contributed by atoms with van der Waals surface area (Å²) in [4.78, 5) is 0. The van der Waals surface area contributed by atoms with E-state index in [1.165, 1.54) is 38.5 Å².